The van der Waals surface area contributed by atoms with Gasteiger partial charge in [0.1, 0.15) is 0 Å². The molecule has 0 heterocycles. The molecule has 0 spiro atoms. The Morgan fingerprint density at radius 2 is 2.00 bits per heavy atom. The van der Waals surface area contributed by atoms with Crippen molar-refractivity contribution in [2.45, 2.75) is 46.1 Å². The minimum atomic E-state index is -3.31. The topological polar surface area (TPSA) is 72.2 Å². The van der Waals surface area contributed by atoms with Crippen LogP contribution in [-0.4, -0.2) is 24.7 Å². The third kappa shape index (κ3) is 5.23. The van der Waals surface area contributed by atoms with E-state index in [0.29, 0.717) is 18.8 Å². The lowest BCUT2D eigenvalue weighted by molar-refractivity contribution is 0.505. The summed E-state index contributed by atoms with van der Waals surface area (Å²) in [5.74, 6) is 0.470. The van der Waals surface area contributed by atoms with Crippen LogP contribution >= 0.6 is 12.2 Å². The zero-order chi connectivity index (χ0) is 13.0. The Morgan fingerprint density at radius 1 is 1.50 bits per heavy atom. The highest BCUT2D eigenvalue weighted by Gasteiger charge is 2.30. The molecule has 96 valence electrons. The minimum Gasteiger partial charge on any atom is -0.392 e. The van der Waals surface area contributed by atoms with Gasteiger partial charge < -0.3 is 5.73 Å². The Bertz CT molecular complexity index is 339. The summed E-state index contributed by atoms with van der Waals surface area (Å²) in [5, 5.41) is 0. The van der Waals surface area contributed by atoms with E-state index < -0.39 is 15.6 Å². The summed E-state index contributed by atoms with van der Waals surface area (Å²) in [6.07, 6.45) is 1.18. The SMILES string of the molecule is CCC(C)(NS(=O)(=O)CCC(C)C)C(N)=S. The molecule has 1 unspecified atom stereocenters. The van der Waals surface area contributed by atoms with Gasteiger partial charge in [-0.3, -0.25) is 0 Å². The van der Waals surface area contributed by atoms with E-state index >= 15 is 0 Å². The highest BCUT2D eigenvalue weighted by Crippen LogP contribution is 2.12. The predicted molar refractivity (Wildman–Crippen MR) is 71.9 cm³/mol. The largest absolute Gasteiger partial charge is 0.392 e. The monoisotopic (exact) mass is 266 g/mol. The fourth-order valence-electron chi connectivity index (χ4n) is 1.08. The Balaban J connectivity index is 4.63. The van der Waals surface area contributed by atoms with Gasteiger partial charge in [0.05, 0.1) is 16.3 Å². The number of sulfonamides is 1. The van der Waals surface area contributed by atoms with E-state index in [9.17, 15) is 8.42 Å². The second kappa shape index (κ2) is 5.93. The van der Waals surface area contributed by atoms with Crippen LogP contribution in [-0.2, 0) is 10.0 Å². The Morgan fingerprint density at radius 3 is 2.31 bits per heavy atom. The average molecular weight is 266 g/mol. The molecule has 0 saturated carbocycles. The van der Waals surface area contributed by atoms with Gasteiger partial charge in [0, 0.05) is 0 Å². The van der Waals surface area contributed by atoms with Gasteiger partial charge in [0.2, 0.25) is 10.0 Å². The molecule has 0 aliphatic carbocycles. The fraction of sp³-hybridized carbons (Fsp3) is 0.900. The molecule has 0 aromatic carbocycles. The lowest BCUT2D eigenvalue weighted by Crippen LogP contribution is -2.54. The molecule has 0 aliphatic heterocycles. The van der Waals surface area contributed by atoms with Gasteiger partial charge in [-0.15, -0.1) is 0 Å². The van der Waals surface area contributed by atoms with Crippen molar-refractivity contribution in [1.29, 1.82) is 0 Å². The van der Waals surface area contributed by atoms with Crippen molar-refractivity contribution in [3.63, 3.8) is 0 Å². The van der Waals surface area contributed by atoms with Crippen molar-refractivity contribution < 1.29 is 8.42 Å². The number of thiocarbonyl (C=S) groups is 1. The maximum atomic E-state index is 11.8. The summed E-state index contributed by atoms with van der Waals surface area (Å²) in [6, 6.07) is 0. The van der Waals surface area contributed by atoms with Crippen molar-refractivity contribution in [3.8, 4) is 0 Å². The molecule has 6 heteroatoms. The maximum Gasteiger partial charge on any atom is 0.212 e. The molecule has 0 amide bonds. The molecule has 16 heavy (non-hydrogen) atoms. The van der Waals surface area contributed by atoms with Crippen LogP contribution in [0.15, 0.2) is 0 Å². The molecule has 4 nitrogen and oxygen atoms in total. The maximum absolute atomic E-state index is 11.8. The van der Waals surface area contributed by atoms with Crippen LogP contribution in [0.2, 0.25) is 0 Å². The quantitative estimate of drug-likeness (QED) is 0.683. The van der Waals surface area contributed by atoms with Crippen molar-refractivity contribution in [1.82, 2.24) is 4.72 Å². The van der Waals surface area contributed by atoms with Gasteiger partial charge in [-0.2, -0.15) is 0 Å². The second-order valence-electron chi connectivity index (χ2n) is 4.65. The van der Waals surface area contributed by atoms with Gasteiger partial charge in [-0.1, -0.05) is 33.0 Å². The minimum absolute atomic E-state index is 0.114. The number of nitrogens with one attached hydrogen (secondary N) is 1. The van der Waals surface area contributed by atoms with Crippen molar-refractivity contribution in [2.24, 2.45) is 11.7 Å². The highest BCUT2D eigenvalue weighted by atomic mass is 32.2. The van der Waals surface area contributed by atoms with Gasteiger partial charge in [0.15, 0.2) is 0 Å². The Kier molecular flexibility index (Phi) is 5.86. The van der Waals surface area contributed by atoms with E-state index in [1.165, 1.54) is 0 Å². The fourth-order valence-corrected chi connectivity index (χ4v) is 3.17. The standard InChI is InChI=1S/C10H22N2O2S2/c1-5-10(4,9(11)15)12-16(13,14)7-6-8(2)3/h8,12H,5-7H2,1-4H3,(H2,11,15). The first-order valence-corrected chi connectivity index (χ1v) is 7.50. The Labute approximate surface area is 104 Å². The van der Waals surface area contributed by atoms with Crippen molar-refractivity contribution >= 4 is 27.2 Å². The van der Waals surface area contributed by atoms with Crippen molar-refractivity contribution in [3.05, 3.63) is 0 Å². The molecule has 0 rings (SSSR count). The van der Waals surface area contributed by atoms with Crippen LogP contribution in [0.5, 0.6) is 0 Å². The molecule has 0 saturated heterocycles. The van der Waals surface area contributed by atoms with E-state index in [1.807, 2.05) is 20.8 Å². The second-order valence-corrected chi connectivity index (χ2v) is 6.94. The Hall–Kier alpha value is -0.200. The summed E-state index contributed by atoms with van der Waals surface area (Å²) in [4.78, 5) is 0.183. The van der Waals surface area contributed by atoms with Gasteiger partial charge in [-0.05, 0) is 25.7 Å². The van der Waals surface area contributed by atoms with Gasteiger partial charge in [0.25, 0.3) is 0 Å². The molecule has 0 fully saturated rings. The number of hydrogen-bond acceptors (Lipinski definition) is 3. The molecule has 3 N–H and O–H groups in total. The lowest BCUT2D eigenvalue weighted by atomic mass is 10.0. The van der Waals surface area contributed by atoms with Crippen LogP contribution in [0.25, 0.3) is 0 Å². The van der Waals surface area contributed by atoms with Crippen molar-refractivity contribution in [2.75, 3.05) is 5.75 Å². The molecular weight excluding hydrogens is 244 g/mol. The number of rotatable bonds is 7. The summed E-state index contributed by atoms with van der Waals surface area (Å²) in [6.45, 7) is 7.54. The first-order valence-electron chi connectivity index (χ1n) is 5.44. The van der Waals surface area contributed by atoms with E-state index in [0.717, 1.165) is 0 Å². The highest BCUT2D eigenvalue weighted by molar-refractivity contribution is 7.89. The molecule has 0 aliphatic rings. The molecule has 0 aromatic rings. The van der Waals surface area contributed by atoms with Crippen LogP contribution in [0.3, 0.4) is 0 Å². The first-order chi connectivity index (χ1) is 7.13. The summed E-state index contributed by atoms with van der Waals surface area (Å²) < 4.78 is 26.2. The van der Waals surface area contributed by atoms with E-state index in [1.54, 1.807) is 6.92 Å². The smallest absolute Gasteiger partial charge is 0.212 e. The molecular formula is C10H22N2O2S2. The van der Waals surface area contributed by atoms with E-state index in [2.05, 4.69) is 4.72 Å². The van der Waals surface area contributed by atoms with Gasteiger partial charge in [-0.25, -0.2) is 13.1 Å². The van der Waals surface area contributed by atoms with E-state index in [-0.39, 0.29) is 10.7 Å². The van der Waals surface area contributed by atoms with Crippen LogP contribution < -0.4 is 10.5 Å². The lowest BCUT2D eigenvalue weighted by Gasteiger charge is -2.28. The molecule has 0 bridgehead atoms. The normalized spacial score (nSPS) is 16.1. The van der Waals surface area contributed by atoms with Crippen LogP contribution in [0.1, 0.15) is 40.5 Å². The summed E-state index contributed by atoms with van der Waals surface area (Å²) in [7, 11) is -3.31. The number of nitrogens with two attached hydrogens (primary N) is 1. The van der Waals surface area contributed by atoms with E-state index in [4.69, 9.17) is 18.0 Å². The average Bonchev–Trinajstić information content (AvgIpc) is 2.14. The molecule has 0 aromatic heterocycles. The number of hydrogen-bond donors (Lipinski definition) is 2. The zero-order valence-corrected chi connectivity index (χ0v) is 12.0. The third-order valence-electron chi connectivity index (χ3n) is 2.60. The zero-order valence-electron chi connectivity index (χ0n) is 10.4. The third-order valence-corrected chi connectivity index (χ3v) is 4.58. The molecule has 1 atom stereocenters. The molecule has 0 radical (unpaired) electrons. The predicted octanol–water partition coefficient (Wildman–Crippen LogP) is 1.41. The van der Waals surface area contributed by atoms with Crippen LogP contribution in [0.4, 0.5) is 0 Å². The summed E-state index contributed by atoms with van der Waals surface area (Å²) >= 11 is 4.88. The van der Waals surface area contributed by atoms with Gasteiger partial charge >= 0.3 is 0 Å². The summed E-state index contributed by atoms with van der Waals surface area (Å²) in [5.41, 5.74) is 4.73. The first kappa shape index (κ1) is 15.8. The van der Waals surface area contributed by atoms with Crippen LogP contribution in [0, 0.1) is 5.92 Å².